The predicted octanol–water partition coefficient (Wildman–Crippen LogP) is 1.95. The summed E-state index contributed by atoms with van der Waals surface area (Å²) in [6, 6.07) is 12.2. The number of carbonyl (C=O) groups excluding carboxylic acids is 2. The molecule has 0 bridgehead atoms. The summed E-state index contributed by atoms with van der Waals surface area (Å²) in [6.45, 7) is 6.13. The van der Waals surface area contributed by atoms with E-state index in [9.17, 15) is 9.59 Å². The summed E-state index contributed by atoms with van der Waals surface area (Å²) in [5, 5.41) is 9.82. The summed E-state index contributed by atoms with van der Waals surface area (Å²) < 4.78 is 0. The zero-order chi connectivity index (χ0) is 23.3. The maximum Gasteiger partial charge on any atom is 0.314 e. The molecule has 0 radical (unpaired) electrons. The Morgan fingerprint density at radius 1 is 1.16 bits per heavy atom. The van der Waals surface area contributed by atoms with Gasteiger partial charge in [0.05, 0.1) is 23.1 Å². The van der Waals surface area contributed by atoms with Gasteiger partial charge in [0.25, 0.3) is 0 Å². The fourth-order valence-electron chi connectivity index (χ4n) is 3.92. The van der Waals surface area contributed by atoms with Gasteiger partial charge in [-0.1, -0.05) is 36.4 Å². The molecule has 170 valence electrons. The van der Waals surface area contributed by atoms with Crippen molar-refractivity contribution < 1.29 is 9.59 Å². The topological polar surface area (TPSA) is 141 Å². The minimum Gasteiger partial charge on any atom is -0.396 e. The maximum atomic E-state index is 12.5. The van der Waals surface area contributed by atoms with Crippen LogP contribution in [0.15, 0.2) is 42.6 Å². The van der Waals surface area contributed by atoms with Gasteiger partial charge in [-0.2, -0.15) is 0 Å². The minimum atomic E-state index is -0.766. The molecule has 2 amide bonds. The van der Waals surface area contributed by atoms with E-state index in [1.54, 1.807) is 4.90 Å². The number of nitrogen functional groups attached to an aromatic ring is 2. The quantitative estimate of drug-likeness (QED) is 0.427. The smallest absolute Gasteiger partial charge is 0.314 e. The third-order valence-electron chi connectivity index (χ3n) is 6.02. The van der Waals surface area contributed by atoms with Crippen LogP contribution in [0.2, 0.25) is 0 Å². The van der Waals surface area contributed by atoms with E-state index in [0.717, 1.165) is 12.8 Å². The van der Waals surface area contributed by atoms with Gasteiger partial charge in [-0.15, -0.1) is 0 Å². The van der Waals surface area contributed by atoms with Gasteiger partial charge in [0.1, 0.15) is 5.82 Å². The first-order valence-electron chi connectivity index (χ1n) is 10.7. The first-order chi connectivity index (χ1) is 15.3. The van der Waals surface area contributed by atoms with E-state index < -0.39 is 11.8 Å². The van der Waals surface area contributed by atoms with Crippen molar-refractivity contribution in [3.8, 4) is 0 Å². The minimum absolute atomic E-state index is 0.0975. The van der Waals surface area contributed by atoms with Crippen molar-refractivity contribution in [1.29, 1.82) is 5.41 Å². The van der Waals surface area contributed by atoms with Crippen LogP contribution in [0.5, 0.6) is 0 Å². The van der Waals surface area contributed by atoms with Crippen molar-refractivity contribution in [2.24, 2.45) is 0 Å². The fraction of sp³-hybridized carbons (Fsp3) is 0.391. The maximum absolute atomic E-state index is 12.5. The number of hydrogen-bond acceptors (Lipinski definition) is 7. The van der Waals surface area contributed by atoms with Gasteiger partial charge in [0.15, 0.2) is 0 Å². The summed E-state index contributed by atoms with van der Waals surface area (Å²) in [6.07, 6.45) is 4.63. The van der Waals surface area contributed by atoms with Gasteiger partial charge in [0.2, 0.25) is 0 Å². The Balaban J connectivity index is 0.000000416. The van der Waals surface area contributed by atoms with E-state index in [1.165, 1.54) is 19.0 Å². The van der Waals surface area contributed by atoms with Crippen LogP contribution in [0.4, 0.5) is 17.2 Å². The van der Waals surface area contributed by atoms with Crippen LogP contribution in [-0.4, -0.2) is 64.0 Å². The molecular weight excluding hydrogens is 406 g/mol. The zero-order valence-electron chi connectivity index (χ0n) is 18.5. The van der Waals surface area contributed by atoms with Gasteiger partial charge in [-0.3, -0.25) is 14.5 Å². The highest BCUT2D eigenvalue weighted by Crippen LogP contribution is 2.42. The van der Waals surface area contributed by atoms with Crippen LogP contribution in [0.25, 0.3) is 0 Å². The number of hydrogen-bond donors (Lipinski definition) is 4. The Labute approximate surface area is 188 Å². The van der Waals surface area contributed by atoms with E-state index in [1.807, 2.05) is 36.4 Å². The highest BCUT2D eigenvalue weighted by Gasteiger charge is 2.47. The molecule has 2 heterocycles. The third-order valence-corrected chi connectivity index (χ3v) is 6.02. The second-order valence-corrected chi connectivity index (χ2v) is 8.43. The molecule has 9 nitrogen and oxygen atoms in total. The lowest BCUT2D eigenvalue weighted by Crippen LogP contribution is -2.58. The molecule has 6 N–H and O–H groups in total. The van der Waals surface area contributed by atoms with E-state index in [2.05, 4.69) is 29.0 Å². The molecule has 2 aliphatic rings. The molecule has 1 aromatic heterocycles. The first-order valence-corrected chi connectivity index (χ1v) is 10.7. The molecule has 1 saturated carbocycles. The number of nitrogens with zero attached hydrogens (tertiary/aromatic N) is 3. The van der Waals surface area contributed by atoms with Crippen molar-refractivity contribution in [2.75, 3.05) is 36.4 Å². The number of piperazine rings is 1. The van der Waals surface area contributed by atoms with E-state index >= 15 is 0 Å². The summed E-state index contributed by atoms with van der Waals surface area (Å²) in [4.78, 5) is 32.8. The standard InChI is InChI=1S/C17H25N7O2.C6H6/c1-10-9-23(5-6-24(10)17(2)3-4-17)16(26)15(25)22-12-8-21-14(20)11(7-18)13(12)19;1-2-4-6-5-3-1/h7-8,10,18H,3-6,9H2,1-2H3,(H,22,25)(H4,19,20,21);1-6H. The van der Waals surface area contributed by atoms with Crippen molar-refractivity contribution in [2.45, 2.75) is 38.3 Å². The number of rotatable bonds is 3. The van der Waals surface area contributed by atoms with Crippen LogP contribution < -0.4 is 16.8 Å². The SMILES string of the molecule is CC1CN(C(=O)C(=O)Nc2cnc(N)c(C=N)c2N)CCN1C1(C)CC1.c1ccccc1. The van der Waals surface area contributed by atoms with Crippen LogP contribution in [0.1, 0.15) is 32.3 Å². The monoisotopic (exact) mass is 437 g/mol. The number of carbonyl (C=O) groups is 2. The predicted molar refractivity (Wildman–Crippen MR) is 126 cm³/mol. The van der Waals surface area contributed by atoms with Crippen LogP contribution >= 0.6 is 0 Å². The van der Waals surface area contributed by atoms with Crippen molar-refractivity contribution in [3.63, 3.8) is 0 Å². The van der Waals surface area contributed by atoms with Gasteiger partial charge >= 0.3 is 11.8 Å². The lowest BCUT2D eigenvalue weighted by atomic mass is 10.1. The second kappa shape index (κ2) is 9.78. The Morgan fingerprint density at radius 2 is 1.75 bits per heavy atom. The lowest BCUT2D eigenvalue weighted by molar-refractivity contribution is -0.145. The highest BCUT2D eigenvalue weighted by atomic mass is 16.2. The third kappa shape index (κ3) is 5.23. The number of anilines is 3. The van der Waals surface area contributed by atoms with Gasteiger partial charge in [-0.05, 0) is 26.7 Å². The average molecular weight is 438 g/mol. The van der Waals surface area contributed by atoms with Crippen molar-refractivity contribution in [1.82, 2.24) is 14.8 Å². The van der Waals surface area contributed by atoms with Crippen molar-refractivity contribution in [3.05, 3.63) is 48.2 Å². The normalized spacial score (nSPS) is 19.3. The van der Waals surface area contributed by atoms with E-state index in [0.29, 0.717) is 13.1 Å². The summed E-state index contributed by atoms with van der Waals surface area (Å²) >= 11 is 0. The first kappa shape index (κ1) is 23.2. The molecule has 9 heteroatoms. The number of pyridine rings is 1. The molecule has 0 spiro atoms. The Bertz CT molecular complexity index is 949. The molecule has 1 unspecified atom stereocenters. The van der Waals surface area contributed by atoms with E-state index in [-0.39, 0.29) is 34.3 Å². The Morgan fingerprint density at radius 3 is 2.25 bits per heavy atom. The Kier molecular flexibility index (Phi) is 7.09. The van der Waals surface area contributed by atoms with Crippen LogP contribution in [-0.2, 0) is 9.59 Å². The van der Waals surface area contributed by atoms with Gasteiger partial charge in [0, 0.05) is 37.4 Å². The fourth-order valence-corrected chi connectivity index (χ4v) is 3.92. The largest absolute Gasteiger partial charge is 0.396 e. The number of nitrogens with two attached hydrogens (primary N) is 2. The summed E-state index contributed by atoms with van der Waals surface area (Å²) in [5.74, 6) is -1.26. The molecule has 2 fully saturated rings. The Hall–Kier alpha value is -3.46. The zero-order valence-corrected chi connectivity index (χ0v) is 18.5. The van der Waals surface area contributed by atoms with Gasteiger partial charge < -0.3 is 27.1 Å². The number of amides is 2. The van der Waals surface area contributed by atoms with Crippen LogP contribution in [0.3, 0.4) is 0 Å². The van der Waals surface area contributed by atoms with E-state index in [4.69, 9.17) is 16.9 Å². The molecule has 1 atom stereocenters. The van der Waals surface area contributed by atoms with Crippen LogP contribution in [0, 0.1) is 5.41 Å². The lowest BCUT2D eigenvalue weighted by Gasteiger charge is -2.43. The summed E-state index contributed by atoms with van der Waals surface area (Å²) in [7, 11) is 0. The molecule has 2 aromatic rings. The van der Waals surface area contributed by atoms with Gasteiger partial charge in [-0.25, -0.2) is 4.98 Å². The molecule has 1 aromatic carbocycles. The number of benzene rings is 1. The highest BCUT2D eigenvalue weighted by molar-refractivity contribution is 6.40. The molecular formula is C23H31N7O2. The summed E-state index contributed by atoms with van der Waals surface area (Å²) in [5.41, 5.74) is 12.3. The molecule has 32 heavy (non-hydrogen) atoms. The number of nitrogens with one attached hydrogen (secondary N) is 2. The second-order valence-electron chi connectivity index (χ2n) is 8.43. The molecule has 4 rings (SSSR count). The number of aromatic nitrogens is 1. The molecule has 1 aliphatic carbocycles. The average Bonchev–Trinajstić information content (AvgIpc) is 3.55. The van der Waals surface area contributed by atoms with Crippen molar-refractivity contribution >= 4 is 35.2 Å². The molecule has 1 aliphatic heterocycles. The molecule has 1 saturated heterocycles.